The maximum atomic E-state index is 13.2. The fraction of sp³-hybridized carbons (Fsp3) is 0.393. The summed E-state index contributed by atoms with van der Waals surface area (Å²) in [6, 6.07) is 13.9. The van der Waals surface area contributed by atoms with Crippen LogP contribution in [0.2, 0.25) is 0 Å². The number of benzene rings is 2. The molecule has 4 aromatic rings. The van der Waals surface area contributed by atoms with E-state index < -0.39 is 10.0 Å². The average Bonchev–Trinajstić information content (AvgIpc) is 3.07. The first-order valence-corrected chi connectivity index (χ1v) is 14.7. The number of hydrogen-bond acceptors (Lipinski definition) is 6. The Morgan fingerprint density at radius 3 is 2.53 bits per heavy atom. The van der Waals surface area contributed by atoms with Gasteiger partial charge in [-0.05, 0) is 50.5 Å². The van der Waals surface area contributed by atoms with E-state index in [4.69, 9.17) is 14.8 Å². The van der Waals surface area contributed by atoms with E-state index >= 15 is 0 Å². The zero-order chi connectivity index (χ0) is 26.7. The zero-order valence-corrected chi connectivity index (χ0v) is 22.6. The van der Waals surface area contributed by atoms with Gasteiger partial charge >= 0.3 is 0 Å². The lowest BCUT2D eigenvalue weighted by atomic mass is 10.00. The van der Waals surface area contributed by atoms with E-state index in [2.05, 4.69) is 9.71 Å². The van der Waals surface area contributed by atoms with Crippen LogP contribution < -0.4 is 15.0 Å². The van der Waals surface area contributed by atoms with Gasteiger partial charge in [-0.25, -0.2) is 22.6 Å². The van der Waals surface area contributed by atoms with Gasteiger partial charge in [0.25, 0.3) is 5.56 Å². The van der Waals surface area contributed by atoms with Gasteiger partial charge in [0.15, 0.2) is 11.3 Å². The molecule has 2 aromatic heterocycles. The SMILES string of the molecule is CCOc1ccc(S(=O)(=O)NCc2ccccc2)cc1-c1nn2c(C3CCCCCC3)nc(C)c2c(=O)[nH]1. The van der Waals surface area contributed by atoms with Crippen molar-refractivity contribution in [3.05, 3.63) is 76.0 Å². The molecule has 9 nitrogen and oxygen atoms in total. The smallest absolute Gasteiger partial charge is 0.277 e. The summed E-state index contributed by atoms with van der Waals surface area (Å²) in [6.07, 6.45) is 6.67. The lowest BCUT2D eigenvalue weighted by Crippen LogP contribution is -2.23. The number of aromatic amines is 1. The number of nitrogens with one attached hydrogen (secondary N) is 2. The maximum absolute atomic E-state index is 13.2. The van der Waals surface area contributed by atoms with Gasteiger partial charge in [-0.3, -0.25) is 4.79 Å². The van der Waals surface area contributed by atoms with Crippen molar-refractivity contribution in [2.24, 2.45) is 0 Å². The van der Waals surface area contributed by atoms with Gasteiger partial charge in [0.1, 0.15) is 11.6 Å². The highest BCUT2D eigenvalue weighted by atomic mass is 32.2. The Kier molecular flexibility index (Phi) is 7.62. The van der Waals surface area contributed by atoms with Crippen molar-refractivity contribution in [1.29, 1.82) is 0 Å². The number of rotatable bonds is 8. The first-order valence-electron chi connectivity index (χ1n) is 13.2. The van der Waals surface area contributed by atoms with Crippen molar-refractivity contribution in [3.8, 4) is 17.1 Å². The van der Waals surface area contributed by atoms with Crippen molar-refractivity contribution in [3.63, 3.8) is 0 Å². The molecule has 2 N–H and O–H groups in total. The summed E-state index contributed by atoms with van der Waals surface area (Å²) >= 11 is 0. The van der Waals surface area contributed by atoms with Gasteiger partial charge in [-0.2, -0.15) is 0 Å². The Balaban J connectivity index is 1.58. The minimum atomic E-state index is -3.84. The third kappa shape index (κ3) is 5.37. The van der Waals surface area contributed by atoms with Gasteiger partial charge in [-0.15, -0.1) is 5.10 Å². The van der Waals surface area contributed by atoms with Gasteiger partial charge in [0, 0.05) is 12.5 Å². The third-order valence-electron chi connectivity index (χ3n) is 7.05. The molecule has 0 radical (unpaired) electrons. The molecule has 0 spiro atoms. The molecule has 2 aromatic carbocycles. The number of H-pyrrole nitrogens is 1. The van der Waals surface area contributed by atoms with Gasteiger partial charge < -0.3 is 9.72 Å². The molecule has 2 heterocycles. The van der Waals surface area contributed by atoms with E-state index in [0.717, 1.165) is 37.1 Å². The van der Waals surface area contributed by atoms with Gasteiger partial charge in [0.05, 0.1) is 22.8 Å². The summed E-state index contributed by atoms with van der Waals surface area (Å²) < 4.78 is 36.5. The normalized spacial score (nSPS) is 15.0. The molecule has 1 fully saturated rings. The van der Waals surface area contributed by atoms with E-state index in [1.807, 2.05) is 44.2 Å². The van der Waals surface area contributed by atoms with Crippen LogP contribution in [0.25, 0.3) is 16.9 Å². The number of fused-ring (bicyclic) bond motifs is 1. The van der Waals surface area contributed by atoms with Crippen LogP contribution in [-0.2, 0) is 16.6 Å². The molecule has 1 aliphatic carbocycles. The number of hydrogen-bond donors (Lipinski definition) is 2. The molecule has 5 rings (SSSR count). The Bertz CT molecular complexity index is 1590. The fourth-order valence-corrected chi connectivity index (χ4v) is 6.16. The second-order valence-electron chi connectivity index (χ2n) is 9.71. The molecular formula is C28H33N5O4S. The number of ether oxygens (including phenoxy) is 1. The molecule has 200 valence electrons. The van der Waals surface area contributed by atoms with E-state index in [0.29, 0.717) is 29.1 Å². The largest absolute Gasteiger partial charge is 0.493 e. The molecular weight excluding hydrogens is 502 g/mol. The Labute approximate surface area is 222 Å². The number of nitrogens with zero attached hydrogens (tertiary/aromatic N) is 3. The maximum Gasteiger partial charge on any atom is 0.277 e. The molecule has 38 heavy (non-hydrogen) atoms. The van der Waals surface area contributed by atoms with Crippen LogP contribution in [0.15, 0.2) is 58.2 Å². The summed E-state index contributed by atoms with van der Waals surface area (Å²) in [5, 5.41) is 4.80. The van der Waals surface area contributed by atoms with Crippen LogP contribution in [-0.4, -0.2) is 34.6 Å². The highest BCUT2D eigenvalue weighted by molar-refractivity contribution is 7.89. The third-order valence-corrected chi connectivity index (χ3v) is 8.45. The quantitative estimate of drug-likeness (QED) is 0.316. The predicted octanol–water partition coefficient (Wildman–Crippen LogP) is 4.71. The van der Waals surface area contributed by atoms with Crippen molar-refractivity contribution in [2.75, 3.05) is 6.61 Å². The average molecular weight is 536 g/mol. The van der Waals surface area contributed by atoms with Crippen LogP contribution in [0.4, 0.5) is 0 Å². The van der Waals surface area contributed by atoms with Gasteiger partial charge in [0.2, 0.25) is 10.0 Å². The molecule has 0 atom stereocenters. The van der Waals surface area contributed by atoms with Crippen molar-refractivity contribution in [2.45, 2.75) is 69.7 Å². The highest BCUT2D eigenvalue weighted by Gasteiger charge is 2.24. The van der Waals surface area contributed by atoms with E-state index in [-0.39, 0.29) is 28.7 Å². The summed E-state index contributed by atoms with van der Waals surface area (Å²) in [7, 11) is -3.84. The Morgan fingerprint density at radius 2 is 1.82 bits per heavy atom. The van der Waals surface area contributed by atoms with E-state index in [9.17, 15) is 13.2 Å². The van der Waals surface area contributed by atoms with Crippen LogP contribution in [0.3, 0.4) is 0 Å². The molecule has 0 unspecified atom stereocenters. The molecule has 0 aliphatic heterocycles. The minimum absolute atomic E-state index is 0.0560. The van der Waals surface area contributed by atoms with Gasteiger partial charge in [-0.1, -0.05) is 56.0 Å². The van der Waals surface area contributed by atoms with E-state index in [1.165, 1.54) is 25.0 Å². The molecule has 1 aliphatic rings. The van der Waals surface area contributed by atoms with Crippen LogP contribution in [0.1, 0.15) is 68.4 Å². The van der Waals surface area contributed by atoms with Crippen molar-refractivity contribution >= 4 is 15.5 Å². The van der Waals surface area contributed by atoms with Crippen LogP contribution >= 0.6 is 0 Å². The highest BCUT2D eigenvalue weighted by Crippen LogP contribution is 2.33. The topological polar surface area (TPSA) is 118 Å². The first-order chi connectivity index (χ1) is 18.4. The summed E-state index contributed by atoms with van der Waals surface area (Å²) in [4.78, 5) is 20.9. The molecule has 0 amide bonds. The van der Waals surface area contributed by atoms with Crippen LogP contribution in [0.5, 0.6) is 5.75 Å². The lowest BCUT2D eigenvalue weighted by Gasteiger charge is -2.14. The number of aryl methyl sites for hydroxylation is 1. The molecule has 10 heteroatoms. The Morgan fingerprint density at radius 1 is 1.08 bits per heavy atom. The number of imidazole rings is 1. The second kappa shape index (κ2) is 11.1. The Hall–Kier alpha value is -3.50. The van der Waals surface area contributed by atoms with Crippen LogP contribution in [0, 0.1) is 6.92 Å². The monoisotopic (exact) mass is 535 g/mol. The molecule has 1 saturated carbocycles. The lowest BCUT2D eigenvalue weighted by molar-refractivity contribution is 0.341. The zero-order valence-electron chi connectivity index (χ0n) is 21.7. The molecule has 0 saturated heterocycles. The second-order valence-corrected chi connectivity index (χ2v) is 11.5. The fourth-order valence-electron chi connectivity index (χ4n) is 5.12. The standard InChI is InChI=1S/C28H33N5O4S/c1-3-37-24-16-15-22(38(35,36)29-18-20-11-7-6-8-12-20)17-23(24)26-31-28(34)25-19(2)30-27(33(25)32-26)21-13-9-4-5-10-14-21/h6-8,11-12,15-17,21,29H,3-5,9-10,13-14,18H2,1-2H3,(H,31,32,34). The first kappa shape index (κ1) is 26.1. The number of aromatic nitrogens is 4. The van der Waals surface area contributed by atoms with Crippen molar-refractivity contribution in [1.82, 2.24) is 24.3 Å². The summed E-state index contributed by atoms with van der Waals surface area (Å²) in [5.41, 5.74) is 1.97. The minimum Gasteiger partial charge on any atom is -0.493 e. The summed E-state index contributed by atoms with van der Waals surface area (Å²) in [5.74, 6) is 1.68. The molecule has 0 bridgehead atoms. The number of sulfonamides is 1. The summed E-state index contributed by atoms with van der Waals surface area (Å²) in [6.45, 7) is 4.20. The van der Waals surface area contributed by atoms with Crippen molar-refractivity contribution < 1.29 is 13.2 Å². The predicted molar refractivity (Wildman–Crippen MR) is 146 cm³/mol. The van der Waals surface area contributed by atoms with E-state index in [1.54, 1.807) is 10.6 Å².